The number of nitrogens with zero attached hydrogens (tertiary/aromatic N) is 4. The van der Waals surface area contributed by atoms with Crippen LogP contribution < -0.4 is 10.0 Å². The average Bonchev–Trinajstić information content (AvgIpc) is 3.17. The highest BCUT2D eigenvalue weighted by Gasteiger charge is 2.46. The average molecular weight is 371 g/mol. The first-order chi connectivity index (χ1) is 12.3. The quantitative estimate of drug-likeness (QED) is 0.755. The molecule has 0 aliphatic carbocycles. The molecule has 7 heteroatoms. The maximum atomic E-state index is 12.2. The van der Waals surface area contributed by atoms with E-state index in [1.54, 1.807) is 0 Å². The molecule has 0 bridgehead atoms. The minimum absolute atomic E-state index is 0.159. The zero-order chi connectivity index (χ0) is 18.7. The third-order valence-electron chi connectivity index (χ3n) is 5.14. The van der Waals surface area contributed by atoms with Crippen LogP contribution in [0.15, 0.2) is 29.4 Å². The molecule has 134 valence electrons. The minimum Gasteiger partial charge on any atom is -0.273 e. The summed E-state index contributed by atoms with van der Waals surface area (Å²) in [5.41, 5.74) is 6.67. The van der Waals surface area contributed by atoms with Gasteiger partial charge in [-0.15, -0.1) is 0 Å². The van der Waals surface area contributed by atoms with Crippen molar-refractivity contribution in [3.8, 4) is 0 Å². The van der Waals surface area contributed by atoms with Gasteiger partial charge in [0.1, 0.15) is 0 Å². The SMILES string of the molecule is CC(=O)N1c2ccccc2N2C(c3c(C)c(C)c(Cl)c(C)c3C)=NON12. The van der Waals surface area contributed by atoms with Crippen LogP contribution in [0.1, 0.15) is 34.7 Å². The molecular weight excluding hydrogens is 352 g/mol. The number of hydrazine groups is 2. The number of fused-ring (bicyclic) bond motifs is 3. The number of carbonyl (C=O) groups is 1. The van der Waals surface area contributed by atoms with Gasteiger partial charge in [-0.1, -0.05) is 23.7 Å². The van der Waals surface area contributed by atoms with Gasteiger partial charge in [0.15, 0.2) is 0 Å². The van der Waals surface area contributed by atoms with Gasteiger partial charge < -0.3 is 0 Å². The van der Waals surface area contributed by atoms with Crippen molar-refractivity contribution in [1.82, 2.24) is 5.28 Å². The lowest BCUT2D eigenvalue weighted by atomic mass is 9.93. The highest BCUT2D eigenvalue weighted by molar-refractivity contribution is 6.32. The van der Waals surface area contributed by atoms with Crippen LogP contribution in [0.2, 0.25) is 5.02 Å². The van der Waals surface area contributed by atoms with Crippen LogP contribution in [0, 0.1) is 27.7 Å². The molecule has 2 aromatic carbocycles. The molecule has 0 radical (unpaired) electrons. The van der Waals surface area contributed by atoms with Crippen molar-refractivity contribution in [3.63, 3.8) is 0 Å². The molecule has 0 atom stereocenters. The Morgan fingerprint density at radius 3 is 2.15 bits per heavy atom. The molecule has 2 aromatic rings. The van der Waals surface area contributed by atoms with E-state index in [1.807, 2.05) is 57.0 Å². The van der Waals surface area contributed by atoms with Gasteiger partial charge in [-0.25, -0.2) is 0 Å². The number of hydrogen-bond donors (Lipinski definition) is 0. The van der Waals surface area contributed by atoms with Crippen molar-refractivity contribution in [3.05, 3.63) is 57.1 Å². The van der Waals surface area contributed by atoms with E-state index in [0.717, 1.165) is 44.2 Å². The molecule has 1 amide bonds. The fourth-order valence-electron chi connectivity index (χ4n) is 3.52. The third kappa shape index (κ3) is 2.09. The second-order valence-electron chi connectivity index (χ2n) is 6.57. The maximum Gasteiger partial charge on any atom is 0.242 e. The van der Waals surface area contributed by atoms with Crippen LogP contribution in [0.5, 0.6) is 0 Å². The van der Waals surface area contributed by atoms with Gasteiger partial charge in [0, 0.05) is 17.5 Å². The van der Waals surface area contributed by atoms with Crippen LogP contribution in [-0.4, -0.2) is 17.0 Å². The molecule has 0 aromatic heterocycles. The highest BCUT2D eigenvalue weighted by atomic mass is 35.5. The number of benzene rings is 2. The van der Waals surface area contributed by atoms with Crippen LogP contribution in [0.4, 0.5) is 11.4 Å². The monoisotopic (exact) mass is 370 g/mol. The van der Waals surface area contributed by atoms with Gasteiger partial charge in [0.05, 0.1) is 16.7 Å². The highest BCUT2D eigenvalue weighted by Crippen LogP contribution is 2.43. The van der Waals surface area contributed by atoms with Crippen LogP contribution in [-0.2, 0) is 9.73 Å². The summed E-state index contributed by atoms with van der Waals surface area (Å²) in [7, 11) is 0. The summed E-state index contributed by atoms with van der Waals surface area (Å²) < 4.78 is 0. The molecule has 2 aliphatic heterocycles. The van der Waals surface area contributed by atoms with Crippen molar-refractivity contribution in [2.45, 2.75) is 34.6 Å². The Hall–Kier alpha value is -2.57. The molecule has 4 rings (SSSR count). The first kappa shape index (κ1) is 16.9. The topological polar surface area (TPSA) is 48.4 Å². The smallest absolute Gasteiger partial charge is 0.242 e. The number of anilines is 2. The van der Waals surface area contributed by atoms with Crippen molar-refractivity contribution >= 4 is 34.7 Å². The number of para-hydroxylation sites is 2. The van der Waals surface area contributed by atoms with Gasteiger partial charge in [-0.3, -0.25) is 9.73 Å². The molecule has 0 spiro atoms. The van der Waals surface area contributed by atoms with E-state index >= 15 is 0 Å². The molecule has 0 saturated carbocycles. The zero-order valence-corrected chi connectivity index (χ0v) is 16.0. The number of rotatable bonds is 1. The van der Waals surface area contributed by atoms with Crippen LogP contribution in [0.3, 0.4) is 0 Å². The maximum absolute atomic E-state index is 12.2. The van der Waals surface area contributed by atoms with E-state index in [1.165, 1.54) is 17.2 Å². The summed E-state index contributed by atoms with van der Waals surface area (Å²) in [5.74, 6) is 0.479. The lowest BCUT2D eigenvalue weighted by molar-refractivity contribution is -0.156. The summed E-state index contributed by atoms with van der Waals surface area (Å²) >= 11 is 6.48. The van der Waals surface area contributed by atoms with Crippen molar-refractivity contribution in [1.29, 1.82) is 0 Å². The van der Waals surface area contributed by atoms with Crippen LogP contribution >= 0.6 is 11.6 Å². The predicted octanol–water partition coefficient (Wildman–Crippen LogP) is 4.19. The van der Waals surface area contributed by atoms with E-state index in [9.17, 15) is 4.79 Å². The number of hydrogen-bond acceptors (Lipinski definition) is 5. The largest absolute Gasteiger partial charge is 0.273 e. The number of oxime groups is 1. The molecule has 0 unspecified atom stereocenters. The van der Waals surface area contributed by atoms with Gasteiger partial charge in [-0.05, 0) is 67.2 Å². The second kappa shape index (κ2) is 5.72. The summed E-state index contributed by atoms with van der Waals surface area (Å²) in [5, 5.41) is 9.73. The standard InChI is InChI=1S/C19H19ClN4O2/c1-10-12(3)18(20)13(4)11(2)17(10)19-21-26-24-22(14(5)25)15-8-6-7-9-16(15)23(19)24/h6-9H,1-5H3. The number of amidine groups is 1. The number of amides is 1. The first-order valence-corrected chi connectivity index (χ1v) is 8.73. The molecule has 2 aliphatic rings. The van der Waals surface area contributed by atoms with Crippen molar-refractivity contribution in [2.75, 3.05) is 10.0 Å². The summed E-state index contributed by atoms with van der Waals surface area (Å²) in [6, 6.07) is 7.64. The predicted molar refractivity (Wildman–Crippen MR) is 102 cm³/mol. The van der Waals surface area contributed by atoms with Gasteiger partial charge >= 0.3 is 0 Å². The molecule has 0 saturated heterocycles. The van der Waals surface area contributed by atoms with Gasteiger partial charge in [0.2, 0.25) is 11.7 Å². The summed E-state index contributed by atoms with van der Waals surface area (Å²) in [6.45, 7) is 9.55. The minimum atomic E-state index is -0.159. The molecule has 0 N–H and O–H groups in total. The Labute approximate surface area is 157 Å². The third-order valence-corrected chi connectivity index (χ3v) is 5.70. The number of carbonyl (C=O) groups excluding carboxylic acids is 1. The van der Waals surface area contributed by atoms with Crippen molar-refractivity contribution in [2.24, 2.45) is 5.16 Å². The van der Waals surface area contributed by atoms with Gasteiger partial charge in [0.25, 0.3) is 0 Å². The fraction of sp³-hybridized carbons (Fsp3) is 0.263. The molecule has 2 heterocycles. The summed E-state index contributed by atoms with van der Waals surface area (Å²) in [6.07, 6.45) is 0. The van der Waals surface area contributed by atoms with Gasteiger partial charge in [-0.2, -0.15) is 10.0 Å². The van der Waals surface area contributed by atoms with Crippen molar-refractivity contribution < 1.29 is 9.73 Å². The zero-order valence-electron chi connectivity index (χ0n) is 15.3. The van der Waals surface area contributed by atoms with E-state index in [-0.39, 0.29) is 5.91 Å². The van der Waals surface area contributed by atoms with Crippen LogP contribution in [0.25, 0.3) is 0 Å². The summed E-state index contributed by atoms with van der Waals surface area (Å²) in [4.78, 5) is 17.7. The van der Waals surface area contributed by atoms with E-state index in [4.69, 9.17) is 16.5 Å². The van der Waals surface area contributed by atoms with E-state index in [2.05, 4.69) is 5.16 Å². The Morgan fingerprint density at radius 2 is 1.58 bits per heavy atom. The van der Waals surface area contributed by atoms with E-state index < -0.39 is 0 Å². The lowest BCUT2D eigenvalue weighted by Gasteiger charge is -2.25. The molecule has 26 heavy (non-hydrogen) atoms. The Balaban J connectivity index is 1.92. The second-order valence-corrected chi connectivity index (χ2v) is 6.95. The fourth-order valence-corrected chi connectivity index (χ4v) is 3.81. The first-order valence-electron chi connectivity index (χ1n) is 8.35. The molecule has 0 fully saturated rings. The Kier molecular flexibility index (Phi) is 3.71. The van der Waals surface area contributed by atoms with E-state index in [0.29, 0.717) is 5.84 Å². The Bertz CT molecular complexity index is 957. The molecule has 6 nitrogen and oxygen atoms in total. The normalized spacial score (nSPS) is 15.7. The lowest BCUT2D eigenvalue weighted by Crippen LogP contribution is -2.48. The number of halogens is 1. The Morgan fingerprint density at radius 1 is 1.00 bits per heavy atom. The molecular formula is C19H19ClN4O2.